The first-order chi connectivity index (χ1) is 14.6. The van der Waals surface area contributed by atoms with Crippen LogP contribution in [0.4, 0.5) is 0 Å². The first kappa shape index (κ1) is 25.3. The largest absolute Gasteiger partial charge is 0.493 e. The van der Waals surface area contributed by atoms with Crippen LogP contribution in [-0.2, 0) is 13.2 Å². The van der Waals surface area contributed by atoms with Crippen molar-refractivity contribution in [3.8, 4) is 11.5 Å². The van der Waals surface area contributed by atoms with Gasteiger partial charge >= 0.3 is 0 Å². The van der Waals surface area contributed by atoms with Crippen molar-refractivity contribution < 1.29 is 9.47 Å². The van der Waals surface area contributed by atoms with Crippen LogP contribution in [0.15, 0.2) is 71.2 Å². The van der Waals surface area contributed by atoms with E-state index in [1.54, 1.807) is 7.11 Å². The van der Waals surface area contributed by atoms with Gasteiger partial charge in [-0.15, -0.1) is 12.4 Å². The molecular formula is C26H31BrClNO2. The zero-order chi connectivity index (χ0) is 21.3. The Balaban J connectivity index is 0.00000341. The van der Waals surface area contributed by atoms with E-state index in [-0.39, 0.29) is 12.4 Å². The van der Waals surface area contributed by atoms with Gasteiger partial charge in [0.05, 0.1) is 11.6 Å². The van der Waals surface area contributed by atoms with Crippen LogP contribution >= 0.6 is 28.3 Å². The van der Waals surface area contributed by atoms with E-state index in [0.29, 0.717) is 12.6 Å². The molecule has 1 unspecified atom stereocenters. The highest BCUT2D eigenvalue weighted by Gasteiger charge is 2.14. The van der Waals surface area contributed by atoms with Gasteiger partial charge in [0.2, 0.25) is 0 Å². The Morgan fingerprint density at radius 3 is 2.32 bits per heavy atom. The molecule has 0 saturated carbocycles. The zero-order valence-electron chi connectivity index (χ0n) is 18.4. The van der Waals surface area contributed by atoms with E-state index < -0.39 is 0 Å². The van der Waals surface area contributed by atoms with Crippen molar-refractivity contribution in [3.63, 3.8) is 0 Å². The monoisotopic (exact) mass is 503 g/mol. The second-order valence-electron chi connectivity index (χ2n) is 7.52. The lowest BCUT2D eigenvalue weighted by molar-refractivity contribution is 0.282. The molecule has 166 valence electrons. The van der Waals surface area contributed by atoms with Gasteiger partial charge in [-0.3, -0.25) is 0 Å². The third-order valence-electron chi connectivity index (χ3n) is 5.12. The molecule has 0 spiro atoms. The quantitative estimate of drug-likeness (QED) is 0.312. The van der Waals surface area contributed by atoms with E-state index in [2.05, 4.69) is 102 Å². The first-order valence-corrected chi connectivity index (χ1v) is 11.2. The maximum atomic E-state index is 6.08. The van der Waals surface area contributed by atoms with Crippen molar-refractivity contribution in [1.82, 2.24) is 5.32 Å². The fraction of sp³-hybridized carbons (Fsp3) is 0.308. The standard InChI is InChI=1S/C26H30BrNO2.ClH/c1-4-8-24(22-9-6-5-7-10-22)28-17-21-15-23(27)26(25(16-21)29-3)30-18-20-13-11-19(2)12-14-20;/h5-7,9-16,24,28H,4,8,17-18H2,1-3H3;1H. The third kappa shape index (κ3) is 7.27. The third-order valence-corrected chi connectivity index (χ3v) is 5.71. The molecule has 0 radical (unpaired) electrons. The molecule has 0 saturated heterocycles. The molecule has 0 amide bonds. The van der Waals surface area contributed by atoms with Crippen LogP contribution in [0.1, 0.15) is 48.1 Å². The summed E-state index contributed by atoms with van der Waals surface area (Å²) in [6.07, 6.45) is 2.23. The average Bonchev–Trinajstić information content (AvgIpc) is 2.77. The molecule has 3 nitrogen and oxygen atoms in total. The van der Waals surface area contributed by atoms with Crippen LogP contribution in [0.2, 0.25) is 0 Å². The summed E-state index contributed by atoms with van der Waals surface area (Å²) in [7, 11) is 1.68. The zero-order valence-corrected chi connectivity index (χ0v) is 20.8. The summed E-state index contributed by atoms with van der Waals surface area (Å²) < 4.78 is 12.6. The first-order valence-electron chi connectivity index (χ1n) is 10.4. The predicted octanol–water partition coefficient (Wildman–Crippen LogP) is 7.40. The van der Waals surface area contributed by atoms with Gasteiger partial charge in [0.25, 0.3) is 0 Å². The Hall–Kier alpha value is -2.01. The van der Waals surface area contributed by atoms with Crippen molar-refractivity contribution >= 4 is 28.3 Å². The van der Waals surface area contributed by atoms with E-state index in [1.807, 2.05) is 0 Å². The van der Waals surface area contributed by atoms with Gasteiger partial charge < -0.3 is 14.8 Å². The summed E-state index contributed by atoms with van der Waals surface area (Å²) in [4.78, 5) is 0. The normalized spacial score (nSPS) is 11.5. The van der Waals surface area contributed by atoms with Crippen LogP contribution in [-0.4, -0.2) is 7.11 Å². The lowest BCUT2D eigenvalue weighted by Gasteiger charge is -2.20. The van der Waals surface area contributed by atoms with Gasteiger partial charge in [-0.1, -0.05) is 73.5 Å². The lowest BCUT2D eigenvalue weighted by Crippen LogP contribution is -2.20. The number of aryl methyl sites for hydroxylation is 1. The van der Waals surface area contributed by atoms with Gasteiger partial charge in [-0.2, -0.15) is 0 Å². The Kier molecular flexibility index (Phi) is 10.4. The van der Waals surface area contributed by atoms with Gasteiger partial charge in [-0.25, -0.2) is 0 Å². The van der Waals surface area contributed by atoms with Crippen molar-refractivity contribution in [3.05, 3.63) is 93.5 Å². The summed E-state index contributed by atoms with van der Waals surface area (Å²) in [5.74, 6) is 1.47. The van der Waals surface area contributed by atoms with E-state index in [1.165, 1.54) is 11.1 Å². The molecular weight excluding hydrogens is 474 g/mol. The topological polar surface area (TPSA) is 30.5 Å². The predicted molar refractivity (Wildman–Crippen MR) is 134 cm³/mol. The molecule has 0 aliphatic carbocycles. The molecule has 3 rings (SSSR count). The summed E-state index contributed by atoms with van der Waals surface area (Å²) in [5.41, 5.74) is 4.85. The summed E-state index contributed by atoms with van der Waals surface area (Å²) >= 11 is 3.67. The smallest absolute Gasteiger partial charge is 0.175 e. The molecule has 1 N–H and O–H groups in total. The van der Waals surface area contributed by atoms with Crippen molar-refractivity contribution in [2.45, 2.75) is 45.9 Å². The van der Waals surface area contributed by atoms with Crippen molar-refractivity contribution in [2.24, 2.45) is 0 Å². The van der Waals surface area contributed by atoms with E-state index in [0.717, 1.165) is 46.5 Å². The number of ether oxygens (including phenoxy) is 2. The average molecular weight is 505 g/mol. The molecule has 0 fully saturated rings. The SMILES string of the molecule is CCCC(NCc1cc(Br)c(OCc2ccc(C)cc2)c(OC)c1)c1ccccc1.Cl. The maximum Gasteiger partial charge on any atom is 0.175 e. The number of rotatable bonds is 10. The second kappa shape index (κ2) is 12.7. The lowest BCUT2D eigenvalue weighted by atomic mass is 10.0. The molecule has 5 heteroatoms. The number of methoxy groups -OCH3 is 1. The van der Waals surface area contributed by atoms with E-state index >= 15 is 0 Å². The van der Waals surface area contributed by atoms with E-state index in [4.69, 9.17) is 9.47 Å². The van der Waals surface area contributed by atoms with Crippen LogP contribution in [0.5, 0.6) is 11.5 Å². The van der Waals surface area contributed by atoms with Crippen molar-refractivity contribution in [1.29, 1.82) is 0 Å². The maximum absolute atomic E-state index is 6.08. The summed E-state index contributed by atoms with van der Waals surface area (Å²) in [6.45, 7) is 5.56. The molecule has 0 aromatic heterocycles. The minimum absolute atomic E-state index is 0. The highest BCUT2D eigenvalue weighted by Crippen LogP contribution is 2.37. The van der Waals surface area contributed by atoms with Gasteiger partial charge in [0.1, 0.15) is 6.61 Å². The molecule has 31 heavy (non-hydrogen) atoms. The molecule has 0 aliphatic heterocycles. The molecule has 0 bridgehead atoms. The summed E-state index contributed by atoms with van der Waals surface area (Å²) in [5, 5.41) is 3.70. The molecule has 3 aromatic rings. The Labute approximate surface area is 200 Å². The summed E-state index contributed by atoms with van der Waals surface area (Å²) in [6, 6.07) is 23.5. The molecule has 3 aromatic carbocycles. The van der Waals surface area contributed by atoms with Gasteiger partial charge in [-0.05, 0) is 58.1 Å². The highest BCUT2D eigenvalue weighted by molar-refractivity contribution is 9.10. The minimum Gasteiger partial charge on any atom is -0.493 e. The highest BCUT2D eigenvalue weighted by atomic mass is 79.9. The van der Waals surface area contributed by atoms with Gasteiger partial charge in [0.15, 0.2) is 11.5 Å². The fourth-order valence-corrected chi connectivity index (χ4v) is 4.06. The minimum atomic E-state index is 0. The van der Waals surface area contributed by atoms with E-state index in [9.17, 15) is 0 Å². The second-order valence-corrected chi connectivity index (χ2v) is 8.37. The fourth-order valence-electron chi connectivity index (χ4n) is 3.46. The molecule has 0 heterocycles. The Bertz CT molecular complexity index is 932. The van der Waals surface area contributed by atoms with Crippen LogP contribution in [0, 0.1) is 6.92 Å². The number of benzene rings is 3. The number of hydrogen-bond donors (Lipinski definition) is 1. The number of nitrogens with one attached hydrogen (secondary N) is 1. The van der Waals surface area contributed by atoms with Crippen LogP contribution in [0.3, 0.4) is 0 Å². The van der Waals surface area contributed by atoms with Gasteiger partial charge in [0, 0.05) is 12.6 Å². The molecule has 1 atom stereocenters. The van der Waals surface area contributed by atoms with Crippen molar-refractivity contribution in [2.75, 3.05) is 7.11 Å². The Morgan fingerprint density at radius 1 is 0.968 bits per heavy atom. The van der Waals surface area contributed by atoms with Crippen LogP contribution < -0.4 is 14.8 Å². The molecule has 0 aliphatic rings. The Morgan fingerprint density at radius 2 is 1.68 bits per heavy atom. The number of hydrogen-bond acceptors (Lipinski definition) is 3. The number of halogens is 2. The van der Waals surface area contributed by atoms with Crippen LogP contribution in [0.25, 0.3) is 0 Å².